The number of hydrogen-bond acceptors (Lipinski definition) is 6. The molecule has 0 saturated carbocycles. The van der Waals surface area contributed by atoms with Crippen LogP contribution in [0.25, 0.3) is 139 Å². The highest BCUT2D eigenvalue weighted by Gasteiger charge is 2.32. The zero-order valence-electron chi connectivity index (χ0n) is 91.7. The summed E-state index contributed by atoms with van der Waals surface area (Å²) in [6.45, 7) is 49.1. The Morgan fingerprint density at radius 2 is 0.612 bits per heavy atom. The van der Waals surface area contributed by atoms with Gasteiger partial charge in [-0.2, -0.15) is 0 Å². The van der Waals surface area contributed by atoms with Crippen molar-refractivity contribution in [2.24, 2.45) is 0 Å². The second kappa shape index (κ2) is 41.2. The number of hydrogen-bond donors (Lipinski definition) is 0. The lowest BCUT2D eigenvalue weighted by Gasteiger charge is -2.32. The molecule has 9 aromatic heterocycles. The lowest BCUT2D eigenvalue weighted by Crippen LogP contribution is -2.24. The molecule has 20 rings (SSSR count). The maximum Gasteiger partial charge on any atom is 0.143 e. The topological polar surface area (TPSA) is 92.1 Å². The molecule has 0 unspecified atom stereocenters. The van der Waals surface area contributed by atoms with Gasteiger partial charge in [0.15, 0.2) is 0 Å². The van der Waals surface area contributed by atoms with Crippen LogP contribution < -0.4 is 0 Å². The summed E-state index contributed by atoms with van der Waals surface area (Å²) in [6.07, 6.45) is 6.16. The fraction of sp³-hybridized carbons (Fsp3) is 0.262. The van der Waals surface area contributed by atoms with Gasteiger partial charge < -0.3 is 0 Å². The van der Waals surface area contributed by atoms with E-state index < -0.39 is 19.1 Å². The molecule has 0 amide bonds. The molecule has 0 fully saturated rings. The van der Waals surface area contributed by atoms with Gasteiger partial charge in [0.2, 0.25) is 0 Å². The van der Waals surface area contributed by atoms with Gasteiger partial charge in [0.25, 0.3) is 0 Å². The van der Waals surface area contributed by atoms with E-state index in [9.17, 15) is 0 Å². The van der Waals surface area contributed by atoms with Crippen LogP contribution in [0.4, 0.5) is 0 Å². The molecule has 0 spiro atoms. The van der Waals surface area contributed by atoms with Gasteiger partial charge in [-0.15, -0.1) is 0 Å². The Bertz CT molecular complexity index is 7550. The van der Waals surface area contributed by atoms with Crippen molar-refractivity contribution in [3.05, 3.63) is 426 Å². The van der Waals surface area contributed by atoms with Crippen LogP contribution in [0.15, 0.2) is 371 Å². The largest absolute Gasteiger partial charge is 0.294 e. The molecular formula is C130H139N9. The number of fused-ring (bicyclic) bond motifs is 9. The molecule has 0 saturated heterocycles. The number of aryl methyl sites for hydroxylation is 2. The molecule has 9 nitrogen and oxygen atoms in total. The maximum absolute atomic E-state index is 8.35. The third-order valence-corrected chi connectivity index (χ3v) is 25.5. The van der Waals surface area contributed by atoms with Crippen LogP contribution in [0.1, 0.15) is 236 Å². The first kappa shape index (κ1) is 91.2. The molecule has 0 bridgehead atoms. The van der Waals surface area contributed by atoms with Gasteiger partial charge in [0.1, 0.15) is 17.5 Å². The van der Waals surface area contributed by atoms with E-state index in [0.29, 0.717) is 0 Å². The normalized spacial score (nSPS) is 12.9. The van der Waals surface area contributed by atoms with Gasteiger partial charge in [0.05, 0.1) is 50.2 Å². The zero-order chi connectivity index (χ0) is 104. The molecule has 11 aromatic carbocycles. The zero-order valence-corrected chi connectivity index (χ0v) is 85.7. The fourth-order valence-electron chi connectivity index (χ4n) is 18.5. The monoisotopic (exact) mass is 1830 g/mol. The highest BCUT2D eigenvalue weighted by molar-refractivity contribution is 6.11. The van der Waals surface area contributed by atoms with Crippen molar-refractivity contribution in [2.75, 3.05) is 0 Å². The van der Waals surface area contributed by atoms with Crippen molar-refractivity contribution < 1.29 is 8.22 Å². The van der Waals surface area contributed by atoms with Gasteiger partial charge in [-0.3, -0.25) is 28.7 Å². The molecule has 139 heavy (non-hydrogen) atoms. The van der Waals surface area contributed by atoms with E-state index >= 15 is 0 Å². The van der Waals surface area contributed by atoms with Crippen LogP contribution in [0.5, 0.6) is 0 Å². The Kier molecular flexibility index (Phi) is 27.0. The first-order chi connectivity index (χ1) is 68.3. The van der Waals surface area contributed by atoms with Gasteiger partial charge >= 0.3 is 0 Å². The predicted octanol–water partition coefficient (Wildman–Crippen LogP) is 35.2. The fourth-order valence-corrected chi connectivity index (χ4v) is 18.5. The lowest BCUT2D eigenvalue weighted by atomic mass is 9.73. The van der Waals surface area contributed by atoms with Crippen LogP contribution in [0.3, 0.4) is 0 Å². The van der Waals surface area contributed by atoms with E-state index in [-0.39, 0.29) is 49.3 Å². The summed E-state index contributed by atoms with van der Waals surface area (Å²) in [5.74, 6) is 2.25. The van der Waals surface area contributed by atoms with Crippen molar-refractivity contribution in [1.82, 2.24) is 43.6 Å². The Balaban J connectivity index is 0.000000134. The lowest BCUT2D eigenvalue weighted by molar-refractivity contribution is 0.518. The quantitative estimate of drug-likeness (QED) is 0.135. The minimum absolute atomic E-state index is 0.0114. The summed E-state index contributed by atoms with van der Waals surface area (Å²) in [4.78, 5) is 28.4. The van der Waals surface area contributed by atoms with Crippen molar-refractivity contribution in [3.8, 4) is 73.5 Å². The van der Waals surface area contributed by atoms with Gasteiger partial charge in [-0.05, 0) is 180 Å². The van der Waals surface area contributed by atoms with Crippen LogP contribution in [0.2, 0.25) is 0 Å². The summed E-state index contributed by atoms with van der Waals surface area (Å²) < 4.78 is 52.9. The molecule has 0 aliphatic rings. The molecule has 9 heterocycles. The van der Waals surface area contributed by atoms with Gasteiger partial charge in [-0.25, -0.2) is 15.0 Å². The third kappa shape index (κ3) is 22.5. The summed E-state index contributed by atoms with van der Waals surface area (Å²) in [6, 6.07) is 120. The number of pyridine rings is 6. The smallest absolute Gasteiger partial charge is 0.143 e. The molecule has 704 valence electrons. The minimum Gasteiger partial charge on any atom is -0.294 e. The van der Waals surface area contributed by atoms with Crippen LogP contribution in [-0.4, -0.2) is 43.6 Å². The van der Waals surface area contributed by atoms with Gasteiger partial charge in [-0.1, -0.05) is 439 Å². The SMILES string of the molecule is CC(C)(C)c1c(-c2ccccc2)cncc1-c1ccccc1.CC(C)(C)c1cc(-c2ccccc2)nc(-c2ccccc2)c1.CC(C)(C)c1ccc(-n2c3ccccc3c3ccccc32)nc1-c1ccccc1.CC(C)(C)c1ccc(-n2c3ccccc3c3ccccc32)nc1-n1c2ccccc2c2ccccc21.[2H]C(C)(C)c1cncc(C(C)(C)C)c1C(C)(C)C.[2H]C([2H])([2H])c1cc(C(C)(C)C)cc(C([2H])([2H])C)n1. The standard InChI is InChI=1S/C33H27N3.C27H24N2.2C21H21N.C16H27N.C12H19N/c1-33(2,3)26-20-21-31(35-27-16-8-4-12-22(27)23-13-5-9-17-28(23)35)34-32(26)36-29-18-10-6-14-24(29)25-15-7-11-19-30(25)36;1-27(2,3)22-17-18-25(28-26(22)19-11-5-4-6-12-19)29-23-15-9-7-13-20(23)21-14-8-10-16-24(21)29;1-21(2,3)20-18(16-10-6-4-7-11-16)14-22-15-19(20)17-12-8-5-9-13-17;1-21(2,3)18-14-19(16-10-6-4-7-11-16)22-20(15-18)17-12-8-5-9-13-17;1-11(2)12-9-17-10-13(15(3,4)5)14(12)16(6,7)8;1-6-11-8-10(12(3,4)5)7-9(2)13-11/h4-21H,1-3H3;4-18H,1-3H3;2*4-15H,1-3H3;9-11H,1-8H3;7-8H,6H2,1-5H3/i;;;;11D;2D3,6D2. The van der Waals surface area contributed by atoms with Crippen LogP contribution in [0, 0.1) is 6.85 Å². The molecule has 0 aliphatic heterocycles. The van der Waals surface area contributed by atoms with E-state index in [4.69, 9.17) is 23.2 Å². The number of rotatable bonds is 10. The summed E-state index contributed by atoms with van der Waals surface area (Å²) in [5, 5.41) is 7.49. The second-order valence-electron chi connectivity index (χ2n) is 43.5. The number of para-hydroxylation sites is 6. The molecule has 0 N–H and O–H groups in total. The minimum atomic E-state index is -2.32. The number of benzene rings is 11. The van der Waals surface area contributed by atoms with Crippen molar-refractivity contribution in [3.63, 3.8) is 0 Å². The number of nitrogens with zero attached hydrogens (tertiary/aromatic N) is 9. The Morgan fingerprint density at radius 3 is 0.957 bits per heavy atom. The van der Waals surface area contributed by atoms with Gasteiger partial charge in [0, 0.05) is 110 Å². The van der Waals surface area contributed by atoms with E-state index in [1.54, 1.807) is 12.1 Å². The molecule has 9 heteroatoms. The molecular weight excluding hydrogens is 1690 g/mol. The Hall–Kier alpha value is -14.3. The summed E-state index contributed by atoms with van der Waals surface area (Å²) in [7, 11) is 0. The Labute approximate surface area is 835 Å². The first-order valence-electron chi connectivity index (χ1n) is 51.6. The highest BCUT2D eigenvalue weighted by Crippen LogP contribution is 2.45. The molecule has 0 atom stereocenters. The highest BCUT2D eigenvalue weighted by atomic mass is 15.1. The average Bonchev–Trinajstić information content (AvgIpc) is 1.59. The van der Waals surface area contributed by atoms with E-state index in [2.05, 4.69) is 475 Å². The van der Waals surface area contributed by atoms with Crippen LogP contribution >= 0.6 is 0 Å². The van der Waals surface area contributed by atoms with Crippen molar-refractivity contribution in [2.45, 2.75) is 223 Å². The summed E-state index contributed by atoms with van der Waals surface area (Å²) in [5.41, 5.74) is 28.0. The second-order valence-corrected chi connectivity index (χ2v) is 43.5. The number of aromatic nitrogens is 9. The summed E-state index contributed by atoms with van der Waals surface area (Å²) >= 11 is 0. The molecule has 20 aromatic rings. The predicted molar refractivity (Wildman–Crippen MR) is 595 cm³/mol. The third-order valence-electron chi connectivity index (χ3n) is 25.5. The Morgan fingerprint density at radius 1 is 0.288 bits per heavy atom. The van der Waals surface area contributed by atoms with Crippen molar-refractivity contribution in [1.29, 1.82) is 0 Å². The van der Waals surface area contributed by atoms with E-state index in [0.717, 1.165) is 62.4 Å². The maximum atomic E-state index is 8.35. The molecule has 0 aliphatic carbocycles. The van der Waals surface area contributed by atoms with Crippen molar-refractivity contribution >= 4 is 65.4 Å². The van der Waals surface area contributed by atoms with E-state index in [1.165, 1.54) is 128 Å². The molecule has 0 radical (unpaired) electrons. The first-order valence-corrected chi connectivity index (χ1v) is 48.6. The average molecular weight is 1830 g/mol. The van der Waals surface area contributed by atoms with E-state index in [1.807, 2.05) is 71.5 Å². The van der Waals surface area contributed by atoms with Crippen LogP contribution in [-0.2, 0) is 44.3 Å².